The molecular weight excluding hydrogens is 334 g/mol. The summed E-state index contributed by atoms with van der Waals surface area (Å²) in [5, 5.41) is 13.3. The predicted octanol–water partition coefficient (Wildman–Crippen LogP) is 1.73. The molecule has 2 rings (SSSR count). The van der Waals surface area contributed by atoms with Gasteiger partial charge in [0.15, 0.2) is 0 Å². The van der Waals surface area contributed by atoms with Gasteiger partial charge in [-0.3, -0.25) is 8.99 Å². The fourth-order valence-corrected chi connectivity index (χ4v) is 3.75. The second kappa shape index (κ2) is 6.91. The smallest absolute Gasteiger partial charge is 0.339 e. The maximum absolute atomic E-state index is 12.9. The Kier molecular flexibility index (Phi) is 5.13. The average Bonchev–Trinajstić information content (AvgIpc) is 2.94. The van der Waals surface area contributed by atoms with Crippen molar-refractivity contribution in [1.29, 1.82) is 0 Å². The number of aromatic carboxylic acids is 1. The second-order valence-electron chi connectivity index (χ2n) is 4.94. The Morgan fingerprint density at radius 1 is 1.38 bits per heavy atom. The summed E-state index contributed by atoms with van der Waals surface area (Å²) in [6, 6.07) is 3.81. The number of carboxylic acids is 1. The largest absolute Gasteiger partial charge is 0.493 e. The molecule has 0 bridgehead atoms. The third-order valence-electron chi connectivity index (χ3n) is 3.34. The first kappa shape index (κ1) is 17.8. The zero-order valence-corrected chi connectivity index (χ0v) is 14.4. The lowest BCUT2D eigenvalue weighted by molar-refractivity contribution is 0.0692. The van der Waals surface area contributed by atoms with Crippen LogP contribution < -0.4 is 9.04 Å². The van der Waals surface area contributed by atoms with Crippen LogP contribution >= 0.6 is 0 Å². The van der Waals surface area contributed by atoms with Gasteiger partial charge in [-0.05, 0) is 32.0 Å². The molecule has 24 heavy (non-hydrogen) atoms. The molecule has 9 heteroatoms. The molecule has 1 aromatic heterocycles. The second-order valence-corrected chi connectivity index (χ2v) is 6.80. The Morgan fingerprint density at radius 2 is 2.08 bits per heavy atom. The number of carbonyl (C=O) groups is 1. The molecule has 130 valence electrons. The fraction of sp³-hybridized carbons (Fsp3) is 0.333. The van der Waals surface area contributed by atoms with Crippen LogP contribution in [0.25, 0.3) is 0 Å². The number of rotatable bonds is 7. The molecule has 1 aromatic carbocycles. The molecule has 0 spiro atoms. The Balaban J connectivity index is 2.52. The highest BCUT2D eigenvalue weighted by Crippen LogP contribution is 2.27. The van der Waals surface area contributed by atoms with Gasteiger partial charge in [0, 0.05) is 19.8 Å². The van der Waals surface area contributed by atoms with Crippen molar-refractivity contribution in [3.63, 3.8) is 0 Å². The van der Waals surface area contributed by atoms with Crippen molar-refractivity contribution >= 4 is 21.7 Å². The minimum atomic E-state index is -3.92. The van der Waals surface area contributed by atoms with Crippen LogP contribution in [0.5, 0.6) is 5.75 Å². The highest BCUT2D eigenvalue weighted by atomic mass is 32.2. The van der Waals surface area contributed by atoms with Crippen molar-refractivity contribution in [3.05, 3.63) is 36.2 Å². The molecule has 1 N–H and O–H groups in total. The summed E-state index contributed by atoms with van der Waals surface area (Å²) in [7, 11) is -2.23. The van der Waals surface area contributed by atoms with Crippen LogP contribution in [0.3, 0.4) is 0 Å². The van der Waals surface area contributed by atoms with Gasteiger partial charge in [0.1, 0.15) is 11.3 Å². The van der Waals surface area contributed by atoms with Crippen LogP contribution in [0.2, 0.25) is 0 Å². The highest BCUT2D eigenvalue weighted by Gasteiger charge is 2.26. The summed E-state index contributed by atoms with van der Waals surface area (Å²) in [6.45, 7) is 3.88. The number of ether oxygens (including phenoxy) is 1. The van der Waals surface area contributed by atoms with Crippen molar-refractivity contribution in [2.75, 3.05) is 17.5 Å². The number of aromatic nitrogens is 2. The summed E-state index contributed by atoms with van der Waals surface area (Å²) in [5.41, 5.74) is 0.214. The molecule has 0 unspecified atom stereocenters. The highest BCUT2D eigenvalue weighted by molar-refractivity contribution is 7.92. The van der Waals surface area contributed by atoms with E-state index in [1.807, 2.05) is 0 Å². The van der Waals surface area contributed by atoms with Crippen LogP contribution in [0.15, 0.2) is 35.5 Å². The molecular formula is C15H19N3O5S. The van der Waals surface area contributed by atoms with E-state index in [1.54, 1.807) is 27.1 Å². The molecule has 0 atom stereocenters. The van der Waals surface area contributed by atoms with E-state index in [2.05, 4.69) is 5.10 Å². The van der Waals surface area contributed by atoms with E-state index in [-0.39, 0.29) is 29.4 Å². The first-order valence-electron chi connectivity index (χ1n) is 7.32. The Morgan fingerprint density at radius 3 is 2.58 bits per heavy atom. The number of carboxylic acid groups (broad SMARTS) is 1. The van der Waals surface area contributed by atoms with E-state index >= 15 is 0 Å². The molecule has 2 aromatic rings. The summed E-state index contributed by atoms with van der Waals surface area (Å²) in [4.78, 5) is 11.3. The zero-order valence-electron chi connectivity index (χ0n) is 13.6. The fourth-order valence-electron chi connectivity index (χ4n) is 2.27. The van der Waals surface area contributed by atoms with Gasteiger partial charge in [-0.1, -0.05) is 0 Å². The van der Waals surface area contributed by atoms with Crippen LogP contribution in [-0.2, 0) is 17.1 Å². The summed E-state index contributed by atoms with van der Waals surface area (Å²) < 4.78 is 33.6. The van der Waals surface area contributed by atoms with Gasteiger partial charge in [0.05, 0.1) is 23.4 Å². The third kappa shape index (κ3) is 3.35. The first-order valence-corrected chi connectivity index (χ1v) is 8.76. The van der Waals surface area contributed by atoms with Crippen LogP contribution in [-0.4, -0.2) is 42.4 Å². The van der Waals surface area contributed by atoms with E-state index in [0.717, 1.165) is 6.07 Å². The van der Waals surface area contributed by atoms with Gasteiger partial charge < -0.3 is 9.84 Å². The van der Waals surface area contributed by atoms with Crippen LogP contribution in [0.4, 0.5) is 5.69 Å². The van der Waals surface area contributed by atoms with E-state index in [4.69, 9.17) is 4.74 Å². The van der Waals surface area contributed by atoms with E-state index in [9.17, 15) is 18.3 Å². The molecule has 1 heterocycles. The van der Waals surface area contributed by atoms with Crippen LogP contribution in [0.1, 0.15) is 24.2 Å². The Labute approximate surface area is 140 Å². The molecule has 8 nitrogen and oxygen atoms in total. The lowest BCUT2D eigenvalue weighted by Gasteiger charge is -2.21. The van der Waals surface area contributed by atoms with Crippen molar-refractivity contribution in [1.82, 2.24) is 9.78 Å². The molecule has 0 aliphatic heterocycles. The molecule has 0 saturated heterocycles. The Hall–Kier alpha value is -2.55. The van der Waals surface area contributed by atoms with Gasteiger partial charge in [-0.2, -0.15) is 5.10 Å². The quantitative estimate of drug-likeness (QED) is 0.813. The van der Waals surface area contributed by atoms with Gasteiger partial charge >= 0.3 is 5.97 Å². The number of nitrogens with zero attached hydrogens (tertiary/aromatic N) is 3. The minimum absolute atomic E-state index is 0.117. The number of aryl methyl sites for hydroxylation is 1. The van der Waals surface area contributed by atoms with Crippen molar-refractivity contribution in [3.8, 4) is 5.75 Å². The number of anilines is 1. The molecule has 0 aliphatic rings. The summed E-state index contributed by atoms with van der Waals surface area (Å²) in [5.74, 6) is -1.12. The minimum Gasteiger partial charge on any atom is -0.493 e. The summed E-state index contributed by atoms with van der Waals surface area (Å²) >= 11 is 0. The van der Waals surface area contributed by atoms with Gasteiger partial charge in [-0.15, -0.1) is 0 Å². The van der Waals surface area contributed by atoms with Gasteiger partial charge in [-0.25, -0.2) is 13.2 Å². The molecule has 0 fully saturated rings. The molecule has 0 radical (unpaired) electrons. The predicted molar refractivity (Wildman–Crippen MR) is 88.0 cm³/mol. The van der Waals surface area contributed by atoms with E-state index < -0.39 is 16.0 Å². The molecule has 0 aliphatic carbocycles. The van der Waals surface area contributed by atoms with Crippen molar-refractivity contribution in [2.45, 2.75) is 18.7 Å². The number of hydrogen-bond donors (Lipinski definition) is 1. The zero-order chi connectivity index (χ0) is 17.9. The van der Waals surface area contributed by atoms with Gasteiger partial charge in [0.25, 0.3) is 10.0 Å². The first-order chi connectivity index (χ1) is 11.3. The maximum Gasteiger partial charge on any atom is 0.339 e. The number of hydrogen-bond acceptors (Lipinski definition) is 5. The van der Waals surface area contributed by atoms with Crippen molar-refractivity contribution < 1.29 is 23.1 Å². The van der Waals surface area contributed by atoms with E-state index in [1.165, 1.54) is 27.3 Å². The van der Waals surface area contributed by atoms with E-state index in [0.29, 0.717) is 5.69 Å². The Bertz CT molecular complexity index is 845. The van der Waals surface area contributed by atoms with Gasteiger partial charge in [0.2, 0.25) is 0 Å². The number of benzene rings is 1. The van der Waals surface area contributed by atoms with Crippen molar-refractivity contribution in [2.24, 2.45) is 7.05 Å². The third-order valence-corrected chi connectivity index (χ3v) is 5.23. The summed E-state index contributed by atoms with van der Waals surface area (Å²) in [6.07, 6.45) is 3.02. The monoisotopic (exact) mass is 353 g/mol. The average molecular weight is 353 g/mol. The lowest BCUT2D eigenvalue weighted by atomic mass is 10.2. The maximum atomic E-state index is 12.9. The topological polar surface area (TPSA) is 102 Å². The SMILES string of the molecule is CCOc1ccc(S(=O)(=O)N(CC)c2cnn(C)c2)cc1C(=O)O. The molecule has 0 saturated carbocycles. The normalized spacial score (nSPS) is 11.3. The number of sulfonamides is 1. The molecule has 0 amide bonds. The lowest BCUT2D eigenvalue weighted by Crippen LogP contribution is -2.30. The standard InChI is InChI=1S/C15H19N3O5S/c1-4-18(11-9-16-17(3)10-11)24(21,22)12-6-7-14(23-5-2)13(8-12)15(19)20/h6-10H,4-5H2,1-3H3,(H,19,20). The van der Waals surface area contributed by atoms with Crippen LogP contribution in [0, 0.1) is 0 Å².